The van der Waals surface area contributed by atoms with E-state index in [0.717, 1.165) is 17.7 Å². The second-order valence-corrected chi connectivity index (χ2v) is 5.22. The Labute approximate surface area is 104 Å². The van der Waals surface area contributed by atoms with Crippen LogP contribution in [0.5, 0.6) is 0 Å². The summed E-state index contributed by atoms with van der Waals surface area (Å²) in [7, 11) is 1.54. The Kier molecular flexibility index (Phi) is 2.33. The predicted octanol–water partition coefficient (Wildman–Crippen LogP) is 1.97. The van der Waals surface area contributed by atoms with E-state index < -0.39 is 0 Å². The van der Waals surface area contributed by atoms with Crippen molar-refractivity contribution in [3.8, 4) is 0 Å². The van der Waals surface area contributed by atoms with Crippen LogP contribution in [-0.2, 0) is 4.79 Å². The number of allylic oxidation sites excluding steroid dienone is 4. The van der Waals surface area contributed by atoms with Gasteiger partial charge >= 0.3 is 0 Å². The van der Waals surface area contributed by atoms with Crippen LogP contribution in [0.1, 0.15) is 6.42 Å². The molecule has 3 aliphatic rings. The SMILES string of the molecule is C[N]C(=O)C1=CSC23CC=CC=C2N=CC=C13. The van der Waals surface area contributed by atoms with E-state index in [0.29, 0.717) is 5.57 Å². The molecule has 0 aromatic rings. The van der Waals surface area contributed by atoms with Gasteiger partial charge in [0.15, 0.2) is 0 Å². The predicted molar refractivity (Wildman–Crippen MR) is 69.9 cm³/mol. The van der Waals surface area contributed by atoms with Gasteiger partial charge < -0.3 is 0 Å². The summed E-state index contributed by atoms with van der Waals surface area (Å²) < 4.78 is -0.181. The third-order valence-electron chi connectivity index (χ3n) is 3.20. The van der Waals surface area contributed by atoms with Crippen LogP contribution in [-0.4, -0.2) is 23.9 Å². The lowest BCUT2D eigenvalue weighted by molar-refractivity contribution is -0.117. The van der Waals surface area contributed by atoms with Crippen LogP contribution in [0.25, 0.3) is 0 Å². The first kappa shape index (κ1) is 10.6. The first-order valence-electron chi connectivity index (χ1n) is 5.42. The van der Waals surface area contributed by atoms with Gasteiger partial charge in [-0.05, 0) is 29.6 Å². The number of likely N-dealkylation sites (N-methyl/N-ethyl adjacent to an activating group) is 1. The van der Waals surface area contributed by atoms with E-state index in [1.165, 1.54) is 7.05 Å². The van der Waals surface area contributed by atoms with Gasteiger partial charge in [-0.15, -0.1) is 11.8 Å². The third kappa shape index (κ3) is 1.37. The van der Waals surface area contributed by atoms with E-state index >= 15 is 0 Å². The molecule has 1 unspecified atom stereocenters. The summed E-state index contributed by atoms with van der Waals surface area (Å²) in [5.41, 5.74) is 2.78. The Morgan fingerprint density at radius 3 is 3.24 bits per heavy atom. The second kappa shape index (κ2) is 3.74. The lowest BCUT2D eigenvalue weighted by Gasteiger charge is -2.33. The lowest BCUT2D eigenvalue weighted by atomic mass is 9.83. The molecule has 0 bridgehead atoms. The van der Waals surface area contributed by atoms with Crippen LogP contribution < -0.4 is 5.32 Å². The van der Waals surface area contributed by atoms with Crippen molar-refractivity contribution in [2.75, 3.05) is 7.05 Å². The minimum atomic E-state index is -0.181. The molecular weight excluding hydrogens is 232 g/mol. The van der Waals surface area contributed by atoms with Crippen LogP contribution >= 0.6 is 11.8 Å². The monoisotopic (exact) mass is 243 g/mol. The molecule has 1 aliphatic carbocycles. The van der Waals surface area contributed by atoms with Crippen LogP contribution in [0.4, 0.5) is 0 Å². The molecule has 1 amide bonds. The van der Waals surface area contributed by atoms with Gasteiger partial charge in [0.2, 0.25) is 0 Å². The number of dihydropyridines is 1. The fourth-order valence-electron chi connectivity index (χ4n) is 2.34. The number of rotatable bonds is 1. The van der Waals surface area contributed by atoms with E-state index in [2.05, 4.69) is 16.4 Å². The van der Waals surface area contributed by atoms with Crippen molar-refractivity contribution >= 4 is 23.9 Å². The highest BCUT2D eigenvalue weighted by Gasteiger charge is 2.46. The first-order valence-corrected chi connectivity index (χ1v) is 6.30. The van der Waals surface area contributed by atoms with E-state index in [1.54, 1.807) is 18.0 Å². The molecule has 1 spiro atoms. The highest BCUT2D eigenvalue weighted by molar-refractivity contribution is 8.04. The summed E-state index contributed by atoms with van der Waals surface area (Å²) in [4.78, 5) is 16.2. The maximum absolute atomic E-state index is 11.8. The zero-order valence-electron chi connectivity index (χ0n) is 9.38. The number of amides is 1. The molecule has 0 aromatic heterocycles. The molecule has 2 heterocycles. The van der Waals surface area contributed by atoms with E-state index in [-0.39, 0.29) is 10.7 Å². The molecule has 85 valence electrons. The highest BCUT2D eigenvalue weighted by atomic mass is 32.2. The molecule has 2 aliphatic heterocycles. The summed E-state index contributed by atoms with van der Waals surface area (Å²) in [6.45, 7) is 0. The molecule has 0 saturated carbocycles. The molecule has 0 saturated heterocycles. The Bertz CT molecular complexity index is 540. The average molecular weight is 243 g/mol. The number of hydrogen-bond donors (Lipinski definition) is 0. The number of nitrogens with zero attached hydrogens (tertiary/aromatic N) is 2. The molecule has 1 atom stereocenters. The molecular formula is C13H11N2OS. The van der Waals surface area contributed by atoms with Crippen molar-refractivity contribution in [1.82, 2.24) is 5.32 Å². The Hall–Kier alpha value is -1.55. The van der Waals surface area contributed by atoms with Crippen molar-refractivity contribution in [2.24, 2.45) is 4.99 Å². The van der Waals surface area contributed by atoms with Gasteiger partial charge in [-0.3, -0.25) is 15.1 Å². The minimum absolute atomic E-state index is 0.148. The van der Waals surface area contributed by atoms with Crippen LogP contribution in [0.2, 0.25) is 0 Å². The van der Waals surface area contributed by atoms with E-state index in [9.17, 15) is 4.79 Å². The van der Waals surface area contributed by atoms with Gasteiger partial charge in [0, 0.05) is 13.3 Å². The standard InChI is InChI=1S/C13H11N2OS/c1-14-12(16)9-8-17-13-6-3-2-4-11(13)15-7-5-10(9)13/h2-5,7-8H,6H2,1H3. The van der Waals surface area contributed by atoms with Gasteiger partial charge in [-0.25, -0.2) is 0 Å². The smallest absolute Gasteiger partial charge is 0.267 e. The summed E-state index contributed by atoms with van der Waals surface area (Å²) >= 11 is 1.67. The Balaban J connectivity index is 2.07. The number of hydrogen-bond acceptors (Lipinski definition) is 3. The van der Waals surface area contributed by atoms with Crippen LogP contribution in [0.3, 0.4) is 0 Å². The van der Waals surface area contributed by atoms with Crippen molar-refractivity contribution in [2.45, 2.75) is 11.2 Å². The van der Waals surface area contributed by atoms with Crippen LogP contribution in [0, 0.1) is 0 Å². The van der Waals surface area contributed by atoms with Gasteiger partial charge in [-0.1, -0.05) is 12.2 Å². The first-order chi connectivity index (χ1) is 8.28. The summed E-state index contributed by atoms with van der Waals surface area (Å²) in [5.74, 6) is -0.148. The number of carbonyl (C=O) groups excluding carboxylic acids is 1. The number of aliphatic imine (C=N–C) groups is 1. The molecule has 1 radical (unpaired) electrons. The van der Waals surface area contributed by atoms with Crippen molar-refractivity contribution < 1.29 is 4.79 Å². The fourth-order valence-corrected chi connectivity index (χ4v) is 3.63. The number of carbonyl (C=O) groups is 1. The maximum Gasteiger partial charge on any atom is 0.273 e. The largest absolute Gasteiger partial charge is 0.273 e. The summed E-state index contributed by atoms with van der Waals surface area (Å²) in [5, 5.41) is 5.67. The molecule has 17 heavy (non-hydrogen) atoms. The van der Waals surface area contributed by atoms with Crippen LogP contribution in [0.15, 0.2) is 51.5 Å². The topological polar surface area (TPSA) is 43.5 Å². The quantitative estimate of drug-likeness (QED) is 0.706. The van der Waals surface area contributed by atoms with Crippen molar-refractivity contribution in [1.29, 1.82) is 0 Å². The second-order valence-electron chi connectivity index (χ2n) is 4.05. The zero-order valence-corrected chi connectivity index (χ0v) is 10.2. The number of thioether (sulfide) groups is 1. The normalized spacial score (nSPS) is 28.9. The molecule has 3 nitrogen and oxygen atoms in total. The van der Waals surface area contributed by atoms with Crippen molar-refractivity contribution in [3.63, 3.8) is 0 Å². The van der Waals surface area contributed by atoms with Gasteiger partial charge in [-0.2, -0.15) is 0 Å². The maximum atomic E-state index is 11.8. The Morgan fingerprint density at radius 2 is 2.41 bits per heavy atom. The van der Waals surface area contributed by atoms with Crippen molar-refractivity contribution in [3.05, 3.63) is 46.6 Å². The van der Waals surface area contributed by atoms with Gasteiger partial charge in [0.25, 0.3) is 5.91 Å². The molecule has 0 fully saturated rings. The average Bonchev–Trinajstić information content (AvgIpc) is 2.75. The van der Waals surface area contributed by atoms with E-state index in [4.69, 9.17) is 0 Å². The molecule has 3 rings (SSSR count). The fraction of sp³-hybridized carbons (Fsp3) is 0.231. The van der Waals surface area contributed by atoms with E-state index in [1.807, 2.05) is 23.6 Å². The van der Waals surface area contributed by atoms with Gasteiger partial charge in [0.05, 0.1) is 16.0 Å². The third-order valence-corrected chi connectivity index (χ3v) is 4.55. The molecule has 4 heteroatoms. The zero-order chi connectivity index (χ0) is 11.9. The summed E-state index contributed by atoms with van der Waals surface area (Å²) in [6, 6.07) is 0. The van der Waals surface area contributed by atoms with Gasteiger partial charge in [0.1, 0.15) is 0 Å². The minimum Gasteiger partial charge on any atom is -0.267 e. The highest BCUT2D eigenvalue weighted by Crippen LogP contribution is 2.54. The molecule has 0 aromatic carbocycles. The molecule has 0 N–H and O–H groups in total. The summed E-state index contributed by atoms with van der Waals surface area (Å²) in [6.07, 6.45) is 10.7. The lowest BCUT2D eigenvalue weighted by Crippen LogP contribution is -2.31. The Morgan fingerprint density at radius 1 is 1.53 bits per heavy atom.